The Hall–Kier alpha value is -2.31. The maximum absolute atomic E-state index is 12.7. The number of nitrogens with two attached hydrogens (primary N) is 1. The van der Waals surface area contributed by atoms with E-state index in [-0.39, 0.29) is 6.10 Å². The van der Waals surface area contributed by atoms with Crippen LogP contribution in [0.4, 0.5) is 0 Å². The van der Waals surface area contributed by atoms with Crippen LogP contribution in [-0.2, 0) is 14.3 Å². The molecule has 2 aromatic carbocycles. The Labute approximate surface area is 156 Å². The van der Waals surface area contributed by atoms with E-state index in [9.17, 15) is 9.59 Å². The summed E-state index contributed by atoms with van der Waals surface area (Å²) in [5.41, 5.74) is 6.42. The maximum atomic E-state index is 12.7. The van der Waals surface area contributed by atoms with Gasteiger partial charge in [-0.15, -0.1) is 11.8 Å². The van der Waals surface area contributed by atoms with Crippen LogP contribution in [0.25, 0.3) is 0 Å². The third-order valence-corrected chi connectivity index (χ3v) is 5.35. The van der Waals surface area contributed by atoms with Gasteiger partial charge in [0.2, 0.25) is 6.10 Å². The monoisotopic (exact) mass is 371 g/mol. The van der Waals surface area contributed by atoms with Crippen molar-refractivity contribution in [1.82, 2.24) is 0 Å². The molecule has 1 aliphatic rings. The van der Waals surface area contributed by atoms with E-state index in [0.717, 1.165) is 30.1 Å². The predicted molar refractivity (Wildman–Crippen MR) is 99.9 cm³/mol. The van der Waals surface area contributed by atoms with Gasteiger partial charge in [-0.25, -0.2) is 4.79 Å². The highest BCUT2D eigenvalue weighted by Crippen LogP contribution is 2.28. The summed E-state index contributed by atoms with van der Waals surface area (Å²) < 4.78 is 11.1. The van der Waals surface area contributed by atoms with E-state index < -0.39 is 18.0 Å². The van der Waals surface area contributed by atoms with E-state index >= 15 is 0 Å². The van der Waals surface area contributed by atoms with Gasteiger partial charge in [0.25, 0.3) is 5.91 Å². The van der Waals surface area contributed by atoms with Crippen molar-refractivity contribution < 1.29 is 19.1 Å². The fraction of sp³-hybridized carbons (Fsp3) is 0.300. The Morgan fingerprint density at radius 3 is 2.58 bits per heavy atom. The van der Waals surface area contributed by atoms with E-state index in [1.165, 1.54) is 0 Å². The molecule has 0 radical (unpaired) electrons. The lowest BCUT2D eigenvalue weighted by atomic mass is 10.1. The summed E-state index contributed by atoms with van der Waals surface area (Å²) in [6.07, 6.45) is 1.22. The highest BCUT2D eigenvalue weighted by atomic mass is 32.2. The van der Waals surface area contributed by atoms with Crippen LogP contribution in [0.3, 0.4) is 0 Å². The summed E-state index contributed by atoms with van der Waals surface area (Å²) in [7, 11) is 0. The number of carbonyl (C=O) groups is 2. The lowest BCUT2D eigenvalue weighted by Crippen LogP contribution is -2.26. The first-order valence-electron chi connectivity index (χ1n) is 8.54. The molecule has 6 heteroatoms. The van der Waals surface area contributed by atoms with Crippen molar-refractivity contribution in [2.24, 2.45) is 5.73 Å². The number of esters is 1. The standard InChI is InChI=1S/C20H21NO4S/c21-19(22)18(14-7-2-1-3-8-14)25-20(23)16-10-4-5-11-17(16)26-13-15-9-6-12-24-15/h1-5,7-8,10-11,15,18H,6,9,12-13H2,(H2,21,22)/t15-,18+/m0/s1. The van der Waals surface area contributed by atoms with Crippen LogP contribution >= 0.6 is 11.8 Å². The lowest BCUT2D eigenvalue weighted by Gasteiger charge is -2.17. The first-order valence-corrected chi connectivity index (χ1v) is 9.52. The molecule has 0 unspecified atom stereocenters. The van der Waals surface area contributed by atoms with Crippen LogP contribution in [0.15, 0.2) is 59.5 Å². The number of ether oxygens (including phenoxy) is 2. The van der Waals surface area contributed by atoms with Gasteiger partial charge in [-0.2, -0.15) is 0 Å². The number of amides is 1. The molecule has 1 saturated heterocycles. The third-order valence-electron chi connectivity index (χ3n) is 4.14. The van der Waals surface area contributed by atoms with E-state index in [0.29, 0.717) is 11.1 Å². The van der Waals surface area contributed by atoms with Crippen LogP contribution in [0, 0.1) is 0 Å². The number of carbonyl (C=O) groups excluding carboxylic acids is 2. The molecule has 2 atom stereocenters. The van der Waals surface area contributed by atoms with E-state index in [4.69, 9.17) is 15.2 Å². The molecular weight excluding hydrogens is 350 g/mol. The molecule has 1 amide bonds. The van der Waals surface area contributed by atoms with Gasteiger partial charge in [-0.05, 0) is 25.0 Å². The molecule has 1 aliphatic heterocycles. The van der Waals surface area contributed by atoms with Gasteiger partial charge in [0.05, 0.1) is 11.7 Å². The van der Waals surface area contributed by atoms with Crippen molar-refractivity contribution in [1.29, 1.82) is 0 Å². The molecule has 5 nitrogen and oxygen atoms in total. The minimum Gasteiger partial charge on any atom is -0.444 e. The number of rotatable bonds is 7. The van der Waals surface area contributed by atoms with Crippen molar-refractivity contribution in [2.75, 3.05) is 12.4 Å². The number of hydrogen-bond acceptors (Lipinski definition) is 5. The first kappa shape index (κ1) is 18.5. The number of primary amides is 1. The molecule has 1 fully saturated rings. The number of benzene rings is 2. The molecule has 2 N–H and O–H groups in total. The first-order chi connectivity index (χ1) is 12.6. The Balaban J connectivity index is 1.73. The molecule has 1 heterocycles. The summed E-state index contributed by atoms with van der Waals surface area (Å²) in [6.45, 7) is 0.798. The highest BCUT2D eigenvalue weighted by Gasteiger charge is 2.25. The SMILES string of the molecule is NC(=O)[C@H](OC(=O)c1ccccc1SC[C@@H]1CCCO1)c1ccccc1. The van der Waals surface area contributed by atoms with E-state index in [1.807, 2.05) is 18.2 Å². The summed E-state index contributed by atoms with van der Waals surface area (Å²) in [6, 6.07) is 16.0. The summed E-state index contributed by atoms with van der Waals surface area (Å²) in [5.74, 6) is -0.482. The number of thioether (sulfide) groups is 1. The topological polar surface area (TPSA) is 78.6 Å². The normalized spacial score (nSPS) is 17.6. The van der Waals surface area contributed by atoms with Crippen molar-refractivity contribution in [3.8, 4) is 0 Å². The van der Waals surface area contributed by atoms with Crippen LogP contribution in [-0.4, -0.2) is 30.3 Å². The van der Waals surface area contributed by atoms with E-state index in [2.05, 4.69) is 0 Å². The summed E-state index contributed by atoms with van der Waals surface area (Å²) in [5, 5.41) is 0. The van der Waals surface area contributed by atoms with E-state index in [1.54, 1.807) is 48.2 Å². The van der Waals surface area contributed by atoms with Gasteiger partial charge in [0.15, 0.2) is 0 Å². The molecule has 0 aromatic heterocycles. The van der Waals surface area contributed by atoms with Crippen LogP contribution in [0.5, 0.6) is 0 Å². The largest absolute Gasteiger partial charge is 0.444 e. The third kappa shape index (κ3) is 4.65. The molecule has 3 rings (SSSR count). The molecular formula is C20H21NO4S. The molecule has 0 saturated carbocycles. The second-order valence-corrected chi connectivity index (χ2v) is 7.10. The van der Waals surface area contributed by atoms with Gasteiger partial charge >= 0.3 is 5.97 Å². The molecule has 2 aromatic rings. The Morgan fingerprint density at radius 2 is 1.88 bits per heavy atom. The zero-order chi connectivity index (χ0) is 18.4. The molecule has 0 bridgehead atoms. The highest BCUT2D eigenvalue weighted by molar-refractivity contribution is 7.99. The van der Waals surface area contributed by atoms with Crippen molar-refractivity contribution in [3.05, 3.63) is 65.7 Å². The van der Waals surface area contributed by atoms with Crippen molar-refractivity contribution in [3.63, 3.8) is 0 Å². The molecule has 136 valence electrons. The second kappa shape index (κ2) is 8.87. The van der Waals surface area contributed by atoms with Gasteiger partial charge in [0, 0.05) is 22.8 Å². The minimum atomic E-state index is -1.11. The Kier molecular flexibility index (Phi) is 6.30. The van der Waals surface area contributed by atoms with Gasteiger partial charge < -0.3 is 15.2 Å². The Morgan fingerprint density at radius 1 is 1.15 bits per heavy atom. The molecule has 0 spiro atoms. The molecule has 0 aliphatic carbocycles. The van der Waals surface area contributed by atoms with Gasteiger partial charge in [-0.3, -0.25) is 4.79 Å². The average molecular weight is 371 g/mol. The van der Waals surface area contributed by atoms with Crippen LogP contribution in [0.2, 0.25) is 0 Å². The van der Waals surface area contributed by atoms with Crippen molar-refractivity contribution >= 4 is 23.6 Å². The van der Waals surface area contributed by atoms with Gasteiger partial charge in [0.1, 0.15) is 0 Å². The lowest BCUT2D eigenvalue weighted by molar-refractivity contribution is -0.127. The minimum absolute atomic E-state index is 0.215. The van der Waals surface area contributed by atoms with Crippen LogP contribution < -0.4 is 5.73 Å². The summed E-state index contributed by atoms with van der Waals surface area (Å²) >= 11 is 1.56. The maximum Gasteiger partial charge on any atom is 0.340 e. The predicted octanol–water partition coefficient (Wildman–Crippen LogP) is 3.34. The smallest absolute Gasteiger partial charge is 0.340 e. The molecule has 26 heavy (non-hydrogen) atoms. The fourth-order valence-corrected chi connectivity index (χ4v) is 3.92. The van der Waals surface area contributed by atoms with Crippen molar-refractivity contribution in [2.45, 2.75) is 29.9 Å². The zero-order valence-electron chi connectivity index (χ0n) is 14.3. The average Bonchev–Trinajstić information content (AvgIpc) is 3.18. The second-order valence-electron chi connectivity index (χ2n) is 6.04. The van der Waals surface area contributed by atoms with Gasteiger partial charge in [-0.1, -0.05) is 42.5 Å². The number of hydrogen-bond donors (Lipinski definition) is 1. The fourth-order valence-electron chi connectivity index (χ4n) is 2.81. The zero-order valence-corrected chi connectivity index (χ0v) is 15.1. The summed E-state index contributed by atoms with van der Waals surface area (Å²) in [4.78, 5) is 25.3. The van der Waals surface area contributed by atoms with Crippen LogP contribution in [0.1, 0.15) is 34.9 Å². The quantitative estimate of drug-likeness (QED) is 0.596. The Bertz CT molecular complexity index is 759.